The molecule has 0 unspecified atom stereocenters. The molecule has 0 amide bonds. The Balaban J connectivity index is 2.16. The molecule has 0 atom stereocenters. The van der Waals surface area contributed by atoms with Gasteiger partial charge in [-0.05, 0) is 24.3 Å². The minimum absolute atomic E-state index is 0.0410. The summed E-state index contributed by atoms with van der Waals surface area (Å²) in [5.41, 5.74) is 1.15. The van der Waals surface area contributed by atoms with E-state index >= 15 is 0 Å². The molecule has 1 aromatic rings. The fraction of sp³-hybridized carbons (Fsp3) is 0.100. The van der Waals surface area contributed by atoms with E-state index in [1.165, 1.54) is 12.1 Å². The van der Waals surface area contributed by atoms with Crippen molar-refractivity contribution in [1.29, 1.82) is 0 Å². The molecule has 15 heavy (non-hydrogen) atoms. The largest absolute Gasteiger partial charge is 0.455 e. The number of carbonyl (C=O) groups excluding carboxylic acids is 1. The lowest BCUT2D eigenvalue weighted by atomic mass is 10.3. The third-order valence-corrected chi connectivity index (χ3v) is 2.31. The second kappa shape index (κ2) is 3.90. The van der Waals surface area contributed by atoms with Crippen LogP contribution in [0.3, 0.4) is 0 Å². The topological polar surface area (TPSA) is 38.3 Å². The number of carbonyl (C=O) groups is 1. The Kier molecular flexibility index (Phi) is 2.60. The van der Waals surface area contributed by atoms with E-state index < -0.39 is 5.97 Å². The number of ether oxygens (including phenoxy) is 1. The number of anilines is 1. The maximum atomic E-state index is 12.6. The molecule has 0 aliphatic carbocycles. The highest BCUT2D eigenvalue weighted by molar-refractivity contribution is 6.42. The first-order chi connectivity index (χ1) is 7.16. The van der Waals surface area contributed by atoms with Crippen molar-refractivity contribution in [1.82, 2.24) is 0 Å². The SMILES string of the molecule is O=C1OCC(Nc2ccc(F)cc2)=C1Cl. The molecule has 0 bridgehead atoms. The van der Waals surface area contributed by atoms with Crippen LogP contribution in [0.1, 0.15) is 0 Å². The molecule has 1 aliphatic rings. The summed E-state index contributed by atoms with van der Waals surface area (Å²) in [6.45, 7) is 0.120. The Bertz CT molecular complexity index is 428. The molecule has 0 aromatic heterocycles. The number of benzene rings is 1. The highest BCUT2D eigenvalue weighted by atomic mass is 35.5. The van der Waals surface area contributed by atoms with Crippen molar-refractivity contribution in [3.05, 3.63) is 40.8 Å². The number of nitrogens with one attached hydrogen (secondary N) is 1. The van der Waals surface area contributed by atoms with Crippen molar-refractivity contribution >= 4 is 23.3 Å². The molecule has 0 saturated carbocycles. The Morgan fingerprint density at radius 3 is 2.53 bits per heavy atom. The number of hydrogen-bond acceptors (Lipinski definition) is 3. The van der Waals surface area contributed by atoms with E-state index in [1.54, 1.807) is 12.1 Å². The summed E-state index contributed by atoms with van der Waals surface area (Å²) < 4.78 is 17.3. The van der Waals surface area contributed by atoms with E-state index in [9.17, 15) is 9.18 Å². The number of halogens is 2. The van der Waals surface area contributed by atoms with Gasteiger partial charge in [0.25, 0.3) is 0 Å². The first-order valence-corrected chi connectivity index (χ1v) is 4.63. The van der Waals surface area contributed by atoms with Gasteiger partial charge in [0.05, 0.1) is 5.70 Å². The average Bonchev–Trinajstić information content (AvgIpc) is 2.53. The molecular weight excluding hydrogens is 221 g/mol. The van der Waals surface area contributed by atoms with Gasteiger partial charge in [0.1, 0.15) is 17.5 Å². The second-order valence-electron chi connectivity index (χ2n) is 3.00. The summed E-state index contributed by atoms with van der Waals surface area (Å²) in [7, 11) is 0. The van der Waals surface area contributed by atoms with Crippen LogP contribution in [0.15, 0.2) is 35.0 Å². The van der Waals surface area contributed by atoms with Gasteiger partial charge in [-0.2, -0.15) is 0 Å². The number of hydrogen-bond donors (Lipinski definition) is 1. The standard InChI is InChI=1S/C10H7ClFNO2/c11-9-8(5-15-10(9)14)13-7-3-1-6(12)2-4-7/h1-4,13H,5H2. The molecule has 2 rings (SSSR count). The third kappa shape index (κ3) is 2.10. The Morgan fingerprint density at radius 1 is 1.33 bits per heavy atom. The van der Waals surface area contributed by atoms with Crippen LogP contribution in [-0.2, 0) is 9.53 Å². The monoisotopic (exact) mass is 227 g/mol. The highest BCUT2D eigenvalue weighted by Crippen LogP contribution is 2.21. The van der Waals surface area contributed by atoms with E-state index in [-0.39, 0.29) is 17.5 Å². The van der Waals surface area contributed by atoms with Crippen LogP contribution >= 0.6 is 11.6 Å². The molecule has 1 heterocycles. The number of cyclic esters (lactones) is 1. The fourth-order valence-electron chi connectivity index (χ4n) is 1.19. The van der Waals surface area contributed by atoms with E-state index in [1.807, 2.05) is 0 Å². The second-order valence-corrected chi connectivity index (χ2v) is 3.38. The molecule has 0 saturated heterocycles. The maximum Gasteiger partial charge on any atom is 0.352 e. The molecular formula is C10H7ClFNO2. The van der Waals surface area contributed by atoms with Crippen LogP contribution in [0.4, 0.5) is 10.1 Å². The molecule has 0 spiro atoms. The van der Waals surface area contributed by atoms with Crippen LogP contribution in [0.25, 0.3) is 0 Å². The lowest BCUT2D eigenvalue weighted by molar-refractivity contribution is -0.135. The lowest BCUT2D eigenvalue weighted by Crippen LogP contribution is -2.01. The molecule has 1 N–H and O–H groups in total. The van der Waals surface area contributed by atoms with Gasteiger partial charge in [-0.15, -0.1) is 0 Å². The maximum absolute atomic E-state index is 12.6. The van der Waals surface area contributed by atoms with Crippen LogP contribution in [0, 0.1) is 5.82 Å². The summed E-state index contributed by atoms with van der Waals surface area (Å²) in [4.78, 5) is 10.9. The molecule has 78 valence electrons. The van der Waals surface area contributed by atoms with Gasteiger partial charge in [-0.1, -0.05) is 11.6 Å². The summed E-state index contributed by atoms with van der Waals surface area (Å²) in [5, 5.41) is 2.92. The lowest BCUT2D eigenvalue weighted by Gasteiger charge is -2.05. The molecule has 3 nitrogen and oxygen atoms in total. The Labute approximate surface area is 90.5 Å². The Hall–Kier alpha value is -1.55. The zero-order chi connectivity index (χ0) is 10.8. The summed E-state index contributed by atoms with van der Waals surface area (Å²) >= 11 is 5.68. The summed E-state index contributed by atoms with van der Waals surface area (Å²) in [6.07, 6.45) is 0. The molecule has 1 aliphatic heterocycles. The number of rotatable bonds is 2. The van der Waals surface area contributed by atoms with Gasteiger partial charge in [-0.3, -0.25) is 0 Å². The van der Waals surface area contributed by atoms with Crippen LogP contribution in [-0.4, -0.2) is 12.6 Å². The van der Waals surface area contributed by atoms with Gasteiger partial charge in [-0.25, -0.2) is 9.18 Å². The van der Waals surface area contributed by atoms with Crippen molar-refractivity contribution in [2.45, 2.75) is 0 Å². The van der Waals surface area contributed by atoms with Gasteiger partial charge in [0, 0.05) is 5.69 Å². The molecule has 5 heteroatoms. The summed E-state index contributed by atoms with van der Waals surface area (Å²) in [5.74, 6) is -0.861. The molecule has 1 aromatic carbocycles. The fourth-order valence-corrected chi connectivity index (χ4v) is 1.34. The minimum Gasteiger partial charge on any atom is -0.455 e. The first kappa shape index (κ1) is 9.98. The zero-order valence-electron chi connectivity index (χ0n) is 7.59. The van der Waals surface area contributed by atoms with Gasteiger partial charge < -0.3 is 10.1 Å². The van der Waals surface area contributed by atoms with E-state index in [0.717, 1.165) is 0 Å². The normalized spacial score (nSPS) is 15.5. The molecule has 0 fully saturated rings. The third-order valence-electron chi connectivity index (χ3n) is 1.93. The van der Waals surface area contributed by atoms with Crippen molar-refractivity contribution in [3.63, 3.8) is 0 Å². The van der Waals surface area contributed by atoms with Gasteiger partial charge in [0.2, 0.25) is 0 Å². The predicted octanol–water partition coefficient (Wildman–Crippen LogP) is 2.24. The van der Waals surface area contributed by atoms with Crippen LogP contribution in [0.5, 0.6) is 0 Å². The summed E-state index contributed by atoms with van der Waals surface area (Å²) in [6, 6.07) is 5.73. The van der Waals surface area contributed by atoms with E-state index in [4.69, 9.17) is 16.3 Å². The van der Waals surface area contributed by atoms with Crippen molar-refractivity contribution in [2.75, 3.05) is 11.9 Å². The van der Waals surface area contributed by atoms with Crippen molar-refractivity contribution in [2.24, 2.45) is 0 Å². The van der Waals surface area contributed by atoms with Gasteiger partial charge in [0.15, 0.2) is 0 Å². The zero-order valence-corrected chi connectivity index (χ0v) is 8.34. The quantitative estimate of drug-likeness (QED) is 0.788. The van der Waals surface area contributed by atoms with Crippen molar-refractivity contribution < 1.29 is 13.9 Å². The van der Waals surface area contributed by atoms with Crippen LogP contribution < -0.4 is 5.32 Å². The van der Waals surface area contributed by atoms with E-state index in [2.05, 4.69) is 5.32 Å². The van der Waals surface area contributed by atoms with E-state index in [0.29, 0.717) is 11.4 Å². The highest BCUT2D eigenvalue weighted by Gasteiger charge is 2.22. The number of esters is 1. The van der Waals surface area contributed by atoms with Crippen molar-refractivity contribution in [3.8, 4) is 0 Å². The van der Waals surface area contributed by atoms with Gasteiger partial charge >= 0.3 is 5.97 Å². The Morgan fingerprint density at radius 2 is 2.00 bits per heavy atom. The predicted molar refractivity (Wildman–Crippen MR) is 53.9 cm³/mol. The first-order valence-electron chi connectivity index (χ1n) is 4.25. The average molecular weight is 228 g/mol. The van der Waals surface area contributed by atoms with Crippen LogP contribution in [0.2, 0.25) is 0 Å². The molecule has 0 radical (unpaired) electrons. The smallest absolute Gasteiger partial charge is 0.352 e. The minimum atomic E-state index is -0.540.